The van der Waals surface area contributed by atoms with Gasteiger partial charge in [0, 0.05) is 29.1 Å². The Morgan fingerprint density at radius 1 is 1.07 bits per heavy atom. The predicted molar refractivity (Wildman–Crippen MR) is 113 cm³/mol. The first-order chi connectivity index (χ1) is 14.1. The summed E-state index contributed by atoms with van der Waals surface area (Å²) in [6.07, 6.45) is 3.22. The Labute approximate surface area is 174 Å². The monoisotopic (exact) mass is 410 g/mol. The van der Waals surface area contributed by atoms with Crippen LogP contribution in [0.1, 0.15) is 33.6 Å². The molecule has 3 aromatic rings. The van der Waals surface area contributed by atoms with Gasteiger partial charge < -0.3 is 4.74 Å². The molecule has 4 rings (SSSR count). The summed E-state index contributed by atoms with van der Waals surface area (Å²) in [5.41, 5.74) is 2.40. The number of esters is 1. The Morgan fingerprint density at radius 2 is 1.76 bits per heavy atom. The first kappa shape index (κ1) is 19.7. The second-order valence-electron chi connectivity index (χ2n) is 7.44. The second-order valence-corrected chi connectivity index (χ2v) is 7.87. The third kappa shape index (κ3) is 4.07. The number of methoxy groups -OCH3 is 1. The molecule has 0 spiro atoms. The van der Waals surface area contributed by atoms with E-state index in [-0.39, 0.29) is 11.8 Å². The summed E-state index contributed by atoms with van der Waals surface area (Å²) < 4.78 is 6.51. The second kappa shape index (κ2) is 8.39. The lowest BCUT2D eigenvalue weighted by Crippen LogP contribution is -2.37. The highest BCUT2D eigenvalue weighted by Crippen LogP contribution is 2.27. The lowest BCUT2D eigenvalue weighted by molar-refractivity contribution is 0.0603. The zero-order chi connectivity index (χ0) is 20.4. The summed E-state index contributed by atoms with van der Waals surface area (Å²) in [6, 6.07) is 15.3. The quantitative estimate of drug-likeness (QED) is 0.588. The molecule has 2 heterocycles. The van der Waals surface area contributed by atoms with Crippen molar-refractivity contribution in [3.63, 3.8) is 0 Å². The fourth-order valence-corrected chi connectivity index (χ4v) is 4.14. The van der Waals surface area contributed by atoms with Gasteiger partial charge in [-0.1, -0.05) is 41.9 Å². The Morgan fingerprint density at radius 3 is 2.45 bits per heavy atom. The van der Waals surface area contributed by atoms with Crippen molar-refractivity contribution < 1.29 is 14.3 Å². The van der Waals surface area contributed by atoms with Crippen LogP contribution in [0.15, 0.2) is 54.7 Å². The van der Waals surface area contributed by atoms with E-state index in [0.717, 1.165) is 48.4 Å². The molecule has 1 fully saturated rings. The molecule has 6 heteroatoms. The Hall–Kier alpha value is -2.63. The van der Waals surface area contributed by atoms with E-state index in [0.29, 0.717) is 5.56 Å². The van der Waals surface area contributed by atoms with Crippen LogP contribution in [0.2, 0.25) is 5.02 Å². The number of piperidine rings is 1. The maximum atomic E-state index is 13.2. The maximum Gasteiger partial charge on any atom is 0.340 e. The molecule has 0 radical (unpaired) electrons. The number of nitrogens with zero attached hydrogens (tertiary/aromatic N) is 2. The molecule has 0 N–H and O–H groups in total. The van der Waals surface area contributed by atoms with Gasteiger partial charge >= 0.3 is 5.97 Å². The summed E-state index contributed by atoms with van der Waals surface area (Å²) in [6.45, 7) is 2.58. The van der Waals surface area contributed by atoms with Crippen molar-refractivity contribution in [2.75, 3.05) is 20.2 Å². The zero-order valence-electron chi connectivity index (χ0n) is 16.3. The van der Waals surface area contributed by atoms with Gasteiger partial charge in [-0.2, -0.15) is 0 Å². The van der Waals surface area contributed by atoms with E-state index in [1.165, 1.54) is 12.7 Å². The van der Waals surface area contributed by atoms with Gasteiger partial charge in [0.05, 0.1) is 18.2 Å². The van der Waals surface area contributed by atoms with Crippen LogP contribution in [-0.2, 0) is 11.3 Å². The van der Waals surface area contributed by atoms with Crippen LogP contribution in [0.4, 0.5) is 0 Å². The number of ether oxygens (including phenoxy) is 1. The standard InChI is InChI=1S/C23H23ClN2O3/c1-29-23(28)20-15-26(21-5-3-2-4-19(20)21)22(27)17-10-12-25(13-11-17)14-16-6-8-18(24)9-7-16/h2-9,15,17H,10-14H2,1H3. The van der Waals surface area contributed by atoms with Gasteiger partial charge in [0.2, 0.25) is 5.91 Å². The van der Waals surface area contributed by atoms with Crippen molar-refractivity contribution >= 4 is 34.4 Å². The van der Waals surface area contributed by atoms with Gasteiger partial charge in [-0.15, -0.1) is 0 Å². The molecular weight excluding hydrogens is 388 g/mol. The average molecular weight is 411 g/mol. The summed E-state index contributed by atoms with van der Waals surface area (Å²) in [5, 5.41) is 1.48. The number of halogens is 1. The van der Waals surface area contributed by atoms with Crippen LogP contribution in [0, 0.1) is 5.92 Å². The molecule has 1 aromatic heterocycles. The number of aromatic nitrogens is 1. The molecular formula is C23H23ClN2O3. The minimum Gasteiger partial charge on any atom is -0.465 e. The molecule has 1 saturated heterocycles. The van der Waals surface area contributed by atoms with E-state index in [4.69, 9.17) is 16.3 Å². The minimum absolute atomic E-state index is 0.0440. The van der Waals surface area contributed by atoms with Crippen molar-refractivity contribution in [3.8, 4) is 0 Å². The number of likely N-dealkylation sites (tertiary alicyclic amines) is 1. The van der Waals surface area contributed by atoms with Crippen molar-refractivity contribution in [1.82, 2.24) is 9.47 Å². The molecule has 1 aliphatic heterocycles. The molecule has 5 nitrogen and oxygen atoms in total. The van der Waals surface area contributed by atoms with Crippen LogP contribution in [0.5, 0.6) is 0 Å². The van der Waals surface area contributed by atoms with Gasteiger partial charge in [0.15, 0.2) is 0 Å². The molecule has 29 heavy (non-hydrogen) atoms. The number of hydrogen-bond donors (Lipinski definition) is 0. The van der Waals surface area contributed by atoms with E-state index in [9.17, 15) is 9.59 Å². The average Bonchev–Trinajstić information content (AvgIpc) is 3.14. The highest BCUT2D eigenvalue weighted by atomic mass is 35.5. The molecule has 2 aromatic carbocycles. The van der Waals surface area contributed by atoms with Gasteiger partial charge in [0.1, 0.15) is 0 Å². The third-order valence-electron chi connectivity index (χ3n) is 5.61. The van der Waals surface area contributed by atoms with E-state index < -0.39 is 5.97 Å². The van der Waals surface area contributed by atoms with E-state index >= 15 is 0 Å². The normalized spacial score (nSPS) is 15.5. The summed E-state index contributed by atoms with van der Waals surface area (Å²) in [4.78, 5) is 27.7. The van der Waals surface area contributed by atoms with Crippen LogP contribution >= 0.6 is 11.6 Å². The van der Waals surface area contributed by atoms with E-state index in [1.54, 1.807) is 10.8 Å². The van der Waals surface area contributed by atoms with Crippen molar-refractivity contribution in [1.29, 1.82) is 0 Å². The number of carbonyl (C=O) groups is 2. The molecule has 0 saturated carbocycles. The number of benzene rings is 2. The molecule has 0 amide bonds. The van der Waals surface area contributed by atoms with E-state index in [2.05, 4.69) is 4.90 Å². The zero-order valence-corrected chi connectivity index (χ0v) is 17.1. The van der Waals surface area contributed by atoms with Crippen LogP contribution in [0.25, 0.3) is 10.9 Å². The highest BCUT2D eigenvalue weighted by Gasteiger charge is 2.28. The summed E-state index contributed by atoms with van der Waals surface area (Å²) in [7, 11) is 1.35. The largest absolute Gasteiger partial charge is 0.465 e. The number of fused-ring (bicyclic) bond motifs is 1. The van der Waals surface area contributed by atoms with Crippen LogP contribution in [-0.4, -0.2) is 41.5 Å². The first-order valence-corrected chi connectivity index (χ1v) is 10.1. The molecule has 0 bridgehead atoms. The Balaban J connectivity index is 1.47. The first-order valence-electron chi connectivity index (χ1n) is 9.76. The van der Waals surface area contributed by atoms with Crippen molar-refractivity contribution in [2.45, 2.75) is 19.4 Å². The van der Waals surface area contributed by atoms with Crippen molar-refractivity contribution in [2.24, 2.45) is 5.92 Å². The van der Waals surface area contributed by atoms with E-state index in [1.807, 2.05) is 48.5 Å². The van der Waals surface area contributed by atoms with Crippen LogP contribution < -0.4 is 0 Å². The number of carbonyl (C=O) groups excluding carboxylic acids is 2. The predicted octanol–water partition coefficient (Wildman–Crippen LogP) is 4.63. The Kier molecular flexibility index (Phi) is 5.69. The SMILES string of the molecule is COC(=O)c1cn(C(=O)C2CCN(Cc3ccc(Cl)cc3)CC2)c2ccccc12. The smallest absolute Gasteiger partial charge is 0.340 e. The lowest BCUT2D eigenvalue weighted by atomic mass is 9.95. The summed E-state index contributed by atoms with van der Waals surface area (Å²) >= 11 is 5.96. The summed E-state index contributed by atoms with van der Waals surface area (Å²) in [5.74, 6) is -0.439. The topological polar surface area (TPSA) is 51.5 Å². The van der Waals surface area contributed by atoms with Gasteiger partial charge in [-0.3, -0.25) is 14.3 Å². The molecule has 0 unspecified atom stereocenters. The Bertz CT molecular complexity index is 1030. The number of para-hydroxylation sites is 1. The fourth-order valence-electron chi connectivity index (χ4n) is 4.02. The number of hydrogen-bond acceptors (Lipinski definition) is 4. The van der Waals surface area contributed by atoms with Gasteiger partial charge in [-0.05, 0) is 49.7 Å². The fraction of sp³-hybridized carbons (Fsp3) is 0.304. The molecule has 1 aliphatic rings. The maximum absolute atomic E-state index is 13.2. The lowest BCUT2D eigenvalue weighted by Gasteiger charge is -2.31. The van der Waals surface area contributed by atoms with Gasteiger partial charge in [-0.25, -0.2) is 4.79 Å². The third-order valence-corrected chi connectivity index (χ3v) is 5.86. The van der Waals surface area contributed by atoms with Crippen LogP contribution in [0.3, 0.4) is 0 Å². The molecule has 150 valence electrons. The minimum atomic E-state index is -0.425. The van der Waals surface area contributed by atoms with Crippen molar-refractivity contribution in [3.05, 3.63) is 70.9 Å². The molecule has 0 atom stereocenters. The highest BCUT2D eigenvalue weighted by molar-refractivity contribution is 6.30. The number of rotatable bonds is 4. The van der Waals surface area contributed by atoms with Gasteiger partial charge in [0.25, 0.3) is 0 Å². The molecule has 0 aliphatic carbocycles.